The Morgan fingerprint density at radius 3 is 2.64 bits per heavy atom. The molecule has 2 aliphatic heterocycles. The van der Waals surface area contributed by atoms with Gasteiger partial charge >= 0.3 is 0 Å². The van der Waals surface area contributed by atoms with Gasteiger partial charge in [0.2, 0.25) is 5.16 Å². The quantitative estimate of drug-likeness (QED) is 0.710. The van der Waals surface area contributed by atoms with E-state index in [1.165, 1.54) is 0 Å². The van der Waals surface area contributed by atoms with E-state index in [1.807, 2.05) is 42.5 Å². The summed E-state index contributed by atoms with van der Waals surface area (Å²) in [6.07, 6.45) is -0.337. The van der Waals surface area contributed by atoms with E-state index in [2.05, 4.69) is 22.3 Å². The molecule has 1 atom stereocenters. The second kappa shape index (κ2) is 5.93. The van der Waals surface area contributed by atoms with Crippen molar-refractivity contribution in [2.45, 2.75) is 11.3 Å². The van der Waals surface area contributed by atoms with Crippen molar-refractivity contribution in [3.8, 4) is 11.5 Å². The van der Waals surface area contributed by atoms with Crippen molar-refractivity contribution < 1.29 is 9.47 Å². The molecule has 2 aliphatic rings. The van der Waals surface area contributed by atoms with Crippen LogP contribution in [0.4, 0.5) is 0 Å². The van der Waals surface area contributed by atoms with Crippen LogP contribution in [0.15, 0.2) is 64.9 Å². The van der Waals surface area contributed by atoms with E-state index in [4.69, 9.17) is 14.6 Å². The zero-order valence-corrected chi connectivity index (χ0v) is 14.0. The third-order valence-corrected chi connectivity index (χ3v) is 5.03. The first kappa shape index (κ1) is 14.5. The minimum atomic E-state index is -0.337. The lowest BCUT2D eigenvalue weighted by atomic mass is 10.1. The minimum Gasteiger partial charge on any atom is -0.485 e. The Morgan fingerprint density at radius 2 is 1.76 bits per heavy atom. The number of para-hydroxylation sites is 2. The molecule has 0 saturated heterocycles. The maximum Gasteiger partial charge on any atom is 0.212 e. The van der Waals surface area contributed by atoms with Gasteiger partial charge in [0.1, 0.15) is 6.61 Å². The molecular formula is C18H14N4O2S. The van der Waals surface area contributed by atoms with Crippen molar-refractivity contribution in [3.63, 3.8) is 0 Å². The highest BCUT2D eigenvalue weighted by atomic mass is 32.2. The van der Waals surface area contributed by atoms with Crippen LogP contribution >= 0.6 is 11.8 Å². The summed E-state index contributed by atoms with van der Waals surface area (Å²) >= 11 is 1.62. The Bertz CT molecular complexity index is 955. The Morgan fingerprint density at radius 1 is 0.960 bits per heavy atom. The molecule has 1 aromatic heterocycles. The number of rotatable bonds is 2. The molecule has 0 unspecified atom stereocenters. The fraction of sp³-hybridized carbons (Fsp3) is 0.167. The molecule has 2 aromatic carbocycles. The highest BCUT2D eigenvalue weighted by Gasteiger charge is 2.30. The van der Waals surface area contributed by atoms with Crippen LogP contribution in [0.2, 0.25) is 0 Å². The van der Waals surface area contributed by atoms with Gasteiger partial charge in [-0.15, -0.1) is 10.2 Å². The molecule has 0 N–H and O–H groups in total. The molecule has 0 bridgehead atoms. The van der Waals surface area contributed by atoms with Crippen LogP contribution in [0, 0.1) is 0 Å². The lowest BCUT2D eigenvalue weighted by molar-refractivity contribution is 0.0823. The topological polar surface area (TPSA) is 61.5 Å². The Hall–Kier alpha value is -2.80. The van der Waals surface area contributed by atoms with Gasteiger partial charge in [-0.1, -0.05) is 54.2 Å². The minimum absolute atomic E-state index is 0.337. The third kappa shape index (κ3) is 2.56. The normalized spacial score (nSPS) is 18.4. The molecule has 0 fully saturated rings. The van der Waals surface area contributed by atoms with Crippen molar-refractivity contribution >= 4 is 17.5 Å². The number of hydrogen-bond donors (Lipinski definition) is 0. The number of thioether (sulfide) groups is 1. The molecule has 5 rings (SSSR count). The molecule has 124 valence electrons. The second-order valence-corrected chi connectivity index (χ2v) is 6.66. The van der Waals surface area contributed by atoms with E-state index in [1.54, 1.807) is 16.4 Å². The molecule has 0 amide bonds. The van der Waals surface area contributed by atoms with Gasteiger partial charge in [-0.05, 0) is 17.7 Å². The van der Waals surface area contributed by atoms with Gasteiger partial charge in [0.15, 0.2) is 23.4 Å². The number of hydrogen-bond acceptors (Lipinski definition) is 6. The van der Waals surface area contributed by atoms with Gasteiger partial charge in [0.25, 0.3) is 0 Å². The average molecular weight is 350 g/mol. The highest BCUT2D eigenvalue weighted by Crippen LogP contribution is 2.36. The second-order valence-electron chi connectivity index (χ2n) is 5.72. The molecule has 3 aromatic rings. The standard InChI is InChI=1S/C18H14N4O2S/c1-2-6-12(7-3-1)13-11-25-18-20-19-17(22(18)21-13)16-10-23-14-8-4-5-9-15(14)24-16/h1-9,16H,10-11H2/t16-/m0/s1. The first-order chi connectivity index (χ1) is 12.4. The van der Waals surface area contributed by atoms with Gasteiger partial charge in [-0.25, -0.2) is 0 Å². The van der Waals surface area contributed by atoms with E-state index < -0.39 is 0 Å². The molecule has 6 nitrogen and oxygen atoms in total. The highest BCUT2D eigenvalue weighted by molar-refractivity contribution is 7.99. The van der Waals surface area contributed by atoms with Gasteiger partial charge < -0.3 is 9.47 Å². The van der Waals surface area contributed by atoms with Crippen molar-refractivity contribution in [2.24, 2.45) is 5.10 Å². The van der Waals surface area contributed by atoms with Crippen LogP contribution in [0.5, 0.6) is 11.5 Å². The molecule has 0 aliphatic carbocycles. The predicted octanol–water partition coefficient (Wildman–Crippen LogP) is 3.15. The zero-order chi connectivity index (χ0) is 16.6. The number of aromatic nitrogens is 3. The summed E-state index contributed by atoms with van der Waals surface area (Å²) < 4.78 is 13.6. The molecule has 0 saturated carbocycles. The van der Waals surface area contributed by atoms with Crippen LogP contribution in [0.3, 0.4) is 0 Å². The van der Waals surface area contributed by atoms with Crippen molar-refractivity contribution in [3.05, 3.63) is 66.0 Å². The van der Waals surface area contributed by atoms with Gasteiger partial charge in [0, 0.05) is 5.75 Å². The lowest BCUT2D eigenvalue weighted by Crippen LogP contribution is -2.25. The summed E-state index contributed by atoms with van der Waals surface area (Å²) in [5, 5.41) is 14.1. The Labute approximate surface area is 148 Å². The monoisotopic (exact) mass is 350 g/mol. The fourth-order valence-corrected chi connectivity index (χ4v) is 3.71. The van der Waals surface area contributed by atoms with Crippen LogP contribution in [-0.4, -0.2) is 32.9 Å². The van der Waals surface area contributed by atoms with E-state index in [0.717, 1.165) is 27.9 Å². The van der Waals surface area contributed by atoms with Gasteiger partial charge in [0.05, 0.1) is 5.71 Å². The molecular weight excluding hydrogens is 336 g/mol. The zero-order valence-electron chi connectivity index (χ0n) is 13.2. The smallest absolute Gasteiger partial charge is 0.212 e. The average Bonchev–Trinajstić information content (AvgIpc) is 3.11. The predicted molar refractivity (Wildman–Crippen MR) is 94.4 cm³/mol. The van der Waals surface area contributed by atoms with E-state index in [9.17, 15) is 0 Å². The summed E-state index contributed by atoms with van der Waals surface area (Å²) in [5.41, 5.74) is 2.10. The summed E-state index contributed by atoms with van der Waals surface area (Å²) in [5.74, 6) is 2.89. The van der Waals surface area contributed by atoms with Gasteiger partial charge in [-0.3, -0.25) is 0 Å². The van der Waals surface area contributed by atoms with Crippen molar-refractivity contribution in [1.82, 2.24) is 14.9 Å². The Balaban J connectivity index is 1.50. The maximum absolute atomic E-state index is 6.06. The summed E-state index contributed by atoms with van der Waals surface area (Å²) in [6, 6.07) is 17.8. The summed E-state index contributed by atoms with van der Waals surface area (Å²) in [6.45, 7) is 0.385. The lowest BCUT2D eigenvalue weighted by Gasteiger charge is -2.26. The molecule has 25 heavy (non-hydrogen) atoms. The molecule has 0 radical (unpaired) electrons. The number of fused-ring (bicyclic) bond motifs is 2. The Kier molecular flexibility index (Phi) is 3.45. The fourth-order valence-electron chi connectivity index (χ4n) is 2.86. The first-order valence-corrected chi connectivity index (χ1v) is 8.97. The summed E-state index contributed by atoms with van der Waals surface area (Å²) in [7, 11) is 0. The van der Waals surface area contributed by atoms with E-state index in [0.29, 0.717) is 18.2 Å². The van der Waals surface area contributed by atoms with E-state index >= 15 is 0 Å². The first-order valence-electron chi connectivity index (χ1n) is 7.98. The SMILES string of the molecule is c1ccc(C2=Nn3c(nnc3[C@@H]3COc4ccccc4O3)SC2)cc1. The van der Waals surface area contributed by atoms with Crippen LogP contribution in [0.1, 0.15) is 17.5 Å². The van der Waals surface area contributed by atoms with E-state index in [-0.39, 0.29) is 6.10 Å². The van der Waals surface area contributed by atoms with Gasteiger partial charge in [-0.2, -0.15) is 9.78 Å². The van der Waals surface area contributed by atoms with Crippen molar-refractivity contribution in [2.75, 3.05) is 12.4 Å². The maximum atomic E-state index is 6.06. The van der Waals surface area contributed by atoms with Crippen molar-refractivity contribution in [1.29, 1.82) is 0 Å². The number of nitrogens with zero attached hydrogens (tertiary/aromatic N) is 4. The van der Waals surface area contributed by atoms with Crippen LogP contribution < -0.4 is 9.47 Å². The number of benzene rings is 2. The largest absolute Gasteiger partial charge is 0.485 e. The molecule has 7 heteroatoms. The third-order valence-electron chi connectivity index (χ3n) is 4.10. The molecule has 0 spiro atoms. The van der Waals surface area contributed by atoms with Crippen LogP contribution in [-0.2, 0) is 0 Å². The summed E-state index contributed by atoms with van der Waals surface area (Å²) in [4.78, 5) is 0. The van der Waals surface area contributed by atoms with Crippen LogP contribution in [0.25, 0.3) is 0 Å². The number of ether oxygens (including phenoxy) is 2. The molecule has 3 heterocycles.